The SMILES string of the molecule is O=C1COc2cc3ccccc3cc2OC1=C1C=C(P(c2ccccc2)c2ccccc2)C=CC1. The molecule has 0 unspecified atom stereocenters. The van der Waals surface area contributed by atoms with Gasteiger partial charge in [-0.2, -0.15) is 0 Å². The van der Waals surface area contributed by atoms with Crippen LogP contribution < -0.4 is 20.1 Å². The topological polar surface area (TPSA) is 35.5 Å². The molecule has 2 aliphatic rings. The number of fused-ring (bicyclic) bond motifs is 2. The number of hydrogen-bond donors (Lipinski definition) is 0. The van der Waals surface area contributed by atoms with Gasteiger partial charge in [0.1, 0.15) is 0 Å². The van der Waals surface area contributed by atoms with E-state index in [0.29, 0.717) is 23.7 Å². The lowest BCUT2D eigenvalue weighted by Gasteiger charge is -2.23. The first-order valence-electron chi connectivity index (χ1n) is 11.6. The Balaban J connectivity index is 1.45. The Morgan fingerprint density at radius 2 is 1.31 bits per heavy atom. The predicted octanol–water partition coefficient (Wildman–Crippen LogP) is 6.41. The van der Waals surface area contributed by atoms with Gasteiger partial charge < -0.3 is 9.47 Å². The van der Waals surface area contributed by atoms with Gasteiger partial charge in [-0.1, -0.05) is 97.1 Å². The molecule has 0 saturated carbocycles. The van der Waals surface area contributed by atoms with E-state index >= 15 is 0 Å². The number of Topliss-reactive ketones (excluding diaryl/α,β-unsaturated/α-hetero) is 1. The molecule has 35 heavy (non-hydrogen) atoms. The summed E-state index contributed by atoms with van der Waals surface area (Å²) in [5.74, 6) is 1.40. The average molecular weight is 474 g/mol. The summed E-state index contributed by atoms with van der Waals surface area (Å²) in [5, 5.41) is 5.82. The van der Waals surface area contributed by atoms with Crippen LogP contribution in [0.1, 0.15) is 6.42 Å². The molecule has 4 aromatic carbocycles. The minimum atomic E-state index is -0.772. The molecule has 1 aliphatic carbocycles. The number of benzene rings is 4. The molecular formula is C31H23O3P. The maximum absolute atomic E-state index is 13.1. The van der Waals surface area contributed by atoms with E-state index in [0.717, 1.165) is 16.3 Å². The van der Waals surface area contributed by atoms with Crippen LogP contribution in [-0.2, 0) is 4.79 Å². The second kappa shape index (κ2) is 9.37. The molecule has 3 nitrogen and oxygen atoms in total. The van der Waals surface area contributed by atoms with Crippen LogP contribution >= 0.6 is 7.92 Å². The van der Waals surface area contributed by atoms with Gasteiger partial charge in [0.2, 0.25) is 5.78 Å². The Morgan fingerprint density at radius 1 is 0.714 bits per heavy atom. The van der Waals surface area contributed by atoms with Crippen molar-refractivity contribution < 1.29 is 14.3 Å². The van der Waals surface area contributed by atoms with Gasteiger partial charge in [0.25, 0.3) is 0 Å². The lowest BCUT2D eigenvalue weighted by molar-refractivity contribution is -0.118. The van der Waals surface area contributed by atoms with Crippen LogP contribution in [0.3, 0.4) is 0 Å². The minimum absolute atomic E-state index is 0.0385. The van der Waals surface area contributed by atoms with E-state index in [9.17, 15) is 4.79 Å². The van der Waals surface area contributed by atoms with Crippen LogP contribution in [0.5, 0.6) is 11.5 Å². The van der Waals surface area contributed by atoms with Gasteiger partial charge in [0, 0.05) is 5.57 Å². The van der Waals surface area contributed by atoms with E-state index < -0.39 is 7.92 Å². The molecule has 1 heterocycles. The summed E-state index contributed by atoms with van der Waals surface area (Å²) in [5.41, 5.74) is 0.886. The molecule has 0 bridgehead atoms. The van der Waals surface area contributed by atoms with Crippen molar-refractivity contribution in [3.63, 3.8) is 0 Å². The zero-order valence-electron chi connectivity index (χ0n) is 19.1. The minimum Gasteiger partial charge on any atom is -0.481 e. The summed E-state index contributed by atoms with van der Waals surface area (Å²) in [6.07, 6.45) is 7.10. The van der Waals surface area contributed by atoms with Crippen molar-refractivity contribution in [3.05, 3.63) is 132 Å². The van der Waals surface area contributed by atoms with Crippen molar-refractivity contribution in [2.75, 3.05) is 6.61 Å². The Kier molecular flexibility index (Phi) is 5.78. The van der Waals surface area contributed by atoms with Gasteiger partial charge in [-0.05, 0) is 59.2 Å². The molecule has 4 heteroatoms. The molecule has 0 saturated heterocycles. The highest BCUT2D eigenvalue weighted by Gasteiger charge is 2.26. The lowest BCUT2D eigenvalue weighted by Crippen LogP contribution is -2.17. The summed E-state index contributed by atoms with van der Waals surface area (Å²) >= 11 is 0. The maximum atomic E-state index is 13.1. The lowest BCUT2D eigenvalue weighted by atomic mass is 10.0. The molecule has 0 fully saturated rings. The fourth-order valence-corrected chi connectivity index (χ4v) is 6.88. The number of rotatable bonds is 3. The van der Waals surface area contributed by atoms with E-state index in [1.165, 1.54) is 15.9 Å². The normalized spacial score (nSPS) is 17.4. The highest BCUT2D eigenvalue weighted by Crippen LogP contribution is 2.46. The second-order valence-corrected chi connectivity index (χ2v) is 10.7. The van der Waals surface area contributed by atoms with Crippen molar-refractivity contribution in [2.45, 2.75) is 6.42 Å². The number of ketones is 1. The Hall–Kier alpha value is -3.94. The standard InChI is InChI=1S/C31H23O3P/c32-28-21-33-29-19-22-10-7-8-11-23(22)20-30(29)34-31(28)24-12-9-17-27(18-24)35(25-13-3-1-4-14-25)26-15-5-2-6-16-26/h1-11,13-20H,12,21H2. The van der Waals surface area contributed by atoms with E-state index in [1.807, 2.05) is 48.5 Å². The van der Waals surface area contributed by atoms with Gasteiger partial charge in [-0.15, -0.1) is 0 Å². The Labute approximate surface area is 205 Å². The fraction of sp³-hybridized carbons (Fsp3) is 0.0645. The van der Waals surface area contributed by atoms with Crippen LogP contribution in [0, 0.1) is 0 Å². The third-order valence-electron chi connectivity index (χ3n) is 6.16. The monoisotopic (exact) mass is 474 g/mol. The third kappa shape index (κ3) is 4.32. The summed E-state index contributed by atoms with van der Waals surface area (Å²) < 4.78 is 12.1. The number of ether oxygens (including phenoxy) is 2. The Bertz CT molecular complexity index is 1460. The van der Waals surface area contributed by atoms with Gasteiger partial charge in [0.15, 0.2) is 23.9 Å². The van der Waals surface area contributed by atoms with E-state index in [4.69, 9.17) is 9.47 Å². The van der Waals surface area contributed by atoms with Crippen LogP contribution in [0.2, 0.25) is 0 Å². The van der Waals surface area contributed by atoms with Gasteiger partial charge in [-0.3, -0.25) is 4.79 Å². The van der Waals surface area contributed by atoms with E-state index in [-0.39, 0.29) is 12.4 Å². The molecule has 4 aromatic rings. The first kappa shape index (κ1) is 21.6. The summed E-state index contributed by atoms with van der Waals surface area (Å²) in [6.45, 7) is -0.0385. The molecule has 1 aliphatic heterocycles. The zero-order chi connectivity index (χ0) is 23.6. The number of carbonyl (C=O) groups is 1. The number of hydrogen-bond acceptors (Lipinski definition) is 3. The molecule has 0 amide bonds. The zero-order valence-corrected chi connectivity index (χ0v) is 20.0. The average Bonchev–Trinajstić information content (AvgIpc) is 3.07. The summed E-state index contributed by atoms with van der Waals surface area (Å²) in [4.78, 5) is 13.1. The largest absolute Gasteiger partial charge is 0.481 e. The van der Waals surface area contributed by atoms with Crippen LogP contribution in [0.25, 0.3) is 10.8 Å². The Morgan fingerprint density at radius 3 is 1.97 bits per heavy atom. The molecule has 0 radical (unpaired) electrons. The molecule has 0 aromatic heterocycles. The smallest absolute Gasteiger partial charge is 0.235 e. The molecular weight excluding hydrogens is 451 g/mol. The fourth-order valence-electron chi connectivity index (χ4n) is 4.50. The highest BCUT2D eigenvalue weighted by molar-refractivity contribution is 7.77. The van der Waals surface area contributed by atoms with Gasteiger partial charge >= 0.3 is 0 Å². The first-order chi connectivity index (χ1) is 17.3. The second-order valence-electron chi connectivity index (χ2n) is 8.50. The van der Waals surface area contributed by atoms with Crippen molar-refractivity contribution in [1.82, 2.24) is 0 Å². The molecule has 170 valence electrons. The maximum Gasteiger partial charge on any atom is 0.235 e. The van der Waals surface area contributed by atoms with Crippen molar-refractivity contribution >= 4 is 35.1 Å². The summed E-state index contributed by atoms with van der Waals surface area (Å²) in [6, 6.07) is 33.1. The van der Waals surface area contributed by atoms with Crippen LogP contribution in [0.4, 0.5) is 0 Å². The van der Waals surface area contributed by atoms with Gasteiger partial charge in [-0.25, -0.2) is 0 Å². The third-order valence-corrected chi connectivity index (χ3v) is 8.59. The number of allylic oxidation sites excluding steroid dienone is 5. The van der Waals surface area contributed by atoms with E-state index in [2.05, 4.69) is 66.8 Å². The van der Waals surface area contributed by atoms with Gasteiger partial charge in [0.05, 0.1) is 0 Å². The van der Waals surface area contributed by atoms with Crippen molar-refractivity contribution in [2.24, 2.45) is 0 Å². The highest BCUT2D eigenvalue weighted by atomic mass is 31.1. The van der Waals surface area contributed by atoms with Crippen LogP contribution in [0.15, 0.2) is 132 Å². The van der Waals surface area contributed by atoms with Crippen molar-refractivity contribution in [3.8, 4) is 11.5 Å². The molecule has 6 rings (SSSR count). The van der Waals surface area contributed by atoms with E-state index in [1.54, 1.807) is 0 Å². The summed E-state index contributed by atoms with van der Waals surface area (Å²) in [7, 11) is -0.772. The van der Waals surface area contributed by atoms with Crippen LogP contribution in [-0.4, -0.2) is 12.4 Å². The molecule has 0 spiro atoms. The molecule has 0 N–H and O–H groups in total. The quantitative estimate of drug-likeness (QED) is 0.254. The van der Waals surface area contributed by atoms with Crippen molar-refractivity contribution in [1.29, 1.82) is 0 Å². The molecule has 0 atom stereocenters. The number of carbonyl (C=O) groups excluding carboxylic acids is 1. The first-order valence-corrected chi connectivity index (χ1v) is 13.0. The predicted molar refractivity (Wildman–Crippen MR) is 143 cm³/mol.